The second-order valence-electron chi connectivity index (χ2n) is 5.54. The Balaban J connectivity index is 1.86. The number of nitrogens with one attached hydrogen (secondary N) is 1. The molecule has 0 atom stereocenters. The van der Waals surface area contributed by atoms with Gasteiger partial charge in [-0.1, -0.05) is 30.3 Å². The summed E-state index contributed by atoms with van der Waals surface area (Å²) in [6.45, 7) is 4.59. The van der Waals surface area contributed by atoms with Gasteiger partial charge >= 0.3 is 6.09 Å². The summed E-state index contributed by atoms with van der Waals surface area (Å²) in [7, 11) is 0. The van der Waals surface area contributed by atoms with Crippen LogP contribution in [0.2, 0.25) is 0 Å². The number of rotatable bonds is 5. The molecule has 7 heteroatoms. The monoisotopic (exact) mass is 342 g/mol. The maximum Gasteiger partial charge on any atom is 0.409 e. The fourth-order valence-corrected chi connectivity index (χ4v) is 2.44. The van der Waals surface area contributed by atoms with E-state index in [-0.39, 0.29) is 11.7 Å². The molecule has 1 aliphatic heterocycles. The van der Waals surface area contributed by atoms with Crippen LogP contribution in [0.4, 0.5) is 4.79 Å². The Bertz CT molecular complexity index is 659. The molecule has 0 spiro atoms. The van der Waals surface area contributed by atoms with Gasteiger partial charge in [-0.05, 0) is 12.5 Å². The average Bonchev–Trinajstić information content (AvgIpc) is 2.65. The highest BCUT2D eigenvalue weighted by atomic mass is 16.6. The van der Waals surface area contributed by atoms with Gasteiger partial charge in [-0.3, -0.25) is 4.79 Å². The lowest BCUT2D eigenvalue weighted by Gasteiger charge is -2.33. The lowest BCUT2D eigenvalue weighted by Crippen LogP contribution is -2.47. The Morgan fingerprint density at radius 3 is 2.52 bits per heavy atom. The van der Waals surface area contributed by atoms with Crippen molar-refractivity contribution in [3.05, 3.63) is 47.7 Å². The number of hydrogen-bond donors (Lipinski definition) is 1. The molecule has 1 aromatic rings. The predicted molar refractivity (Wildman–Crippen MR) is 92.2 cm³/mol. The lowest BCUT2D eigenvalue weighted by atomic mass is 10.2. The molecule has 0 radical (unpaired) electrons. The van der Waals surface area contributed by atoms with Crippen LogP contribution in [0.25, 0.3) is 0 Å². The largest absolute Gasteiger partial charge is 0.450 e. The zero-order valence-corrected chi connectivity index (χ0v) is 14.3. The summed E-state index contributed by atoms with van der Waals surface area (Å²) in [4.78, 5) is 27.3. The third-order valence-electron chi connectivity index (χ3n) is 3.81. The Kier molecular flexibility index (Phi) is 6.84. The number of benzene rings is 1. The van der Waals surface area contributed by atoms with Crippen LogP contribution in [-0.2, 0) is 16.1 Å². The van der Waals surface area contributed by atoms with Crippen molar-refractivity contribution in [3.8, 4) is 6.07 Å². The minimum absolute atomic E-state index is 0.0560. The number of nitriles is 1. The summed E-state index contributed by atoms with van der Waals surface area (Å²) in [5.41, 5.74) is 1.02. The Morgan fingerprint density at radius 1 is 1.24 bits per heavy atom. The van der Waals surface area contributed by atoms with Gasteiger partial charge in [-0.15, -0.1) is 0 Å². The van der Waals surface area contributed by atoms with Crippen molar-refractivity contribution < 1.29 is 14.3 Å². The number of carbonyl (C=O) groups is 2. The van der Waals surface area contributed by atoms with Crippen molar-refractivity contribution in [3.63, 3.8) is 0 Å². The molecule has 1 aliphatic rings. The highest BCUT2D eigenvalue weighted by Crippen LogP contribution is 2.07. The van der Waals surface area contributed by atoms with Gasteiger partial charge in [-0.2, -0.15) is 5.26 Å². The predicted octanol–water partition coefficient (Wildman–Crippen LogP) is 1.48. The fourth-order valence-electron chi connectivity index (χ4n) is 2.44. The molecule has 0 aromatic heterocycles. The third kappa shape index (κ3) is 5.53. The number of hydrogen-bond acceptors (Lipinski definition) is 5. The molecule has 7 nitrogen and oxygen atoms in total. The number of ether oxygens (including phenoxy) is 1. The minimum Gasteiger partial charge on any atom is -0.450 e. The molecule has 25 heavy (non-hydrogen) atoms. The molecule has 1 N–H and O–H groups in total. The van der Waals surface area contributed by atoms with E-state index in [0.29, 0.717) is 39.3 Å². The van der Waals surface area contributed by atoms with Crippen molar-refractivity contribution in [2.24, 2.45) is 0 Å². The SMILES string of the molecule is CCOC(=O)N1CCN(/C=C(/C#N)C(=O)NCc2ccccc2)CC1. The molecule has 0 unspecified atom stereocenters. The van der Waals surface area contributed by atoms with E-state index in [2.05, 4.69) is 5.32 Å². The van der Waals surface area contributed by atoms with E-state index in [9.17, 15) is 14.9 Å². The summed E-state index contributed by atoms with van der Waals surface area (Å²) < 4.78 is 4.97. The first kappa shape index (κ1) is 18.3. The van der Waals surface area contributed by atoms with Crippen molar-refractivity contribution in [2.45, 2.75) is 13.5 Å². The van der Waals surface area contributed by atoms with Crippen LogP contribution < -0.4 is 5.32 Å². The Morgan fingerprint density at radius 2 is 1.92 bits per heavy atom. The van der Waals surface area contributed by atoms with E-state index in [4.69, 9.17) is 4.74 Å². The molecule has 1 heterocycles. The van der Waals surface area contributed by atoms with Gasteiger partial charge in [0.1, 0.15) is 11.6 Å². The number of piperazine rings is 1. The van der Waals surface area contributed by atoms with Gasteiger partial charge < -0.3 is 19.9 Å². The molecular weight excluding hydrogens is 320 g/mol. The maximum atomic E-state index is 12.2. The van der Waals surface area contributed by atoms with Gasteiger partial charge in [0.05, 0.1) is 6.61 Å². The normalized spacial score (nSPS) is 14.6. The van der Waals surface area contributed by atoms with Crippen LogP contribution in [0.15, 0.2) is 42.1 Å². The van der Waals surface area contributed by atoms with Crippen LogP contribution in [-0.4, -0.2) is 54.6 Å². The van der Waals surface area contributed by atoms with E-state index in [1.54, 1.807) is 18.0 Å². The summed E-state index contributed by atoms with van der Waals surface area (Å²) in [5.74, 6) is -0.404. The summed E-state index contributed by atoms with van der Waals surface area (Å²) in [6.07, 6.45) is 1.23. The van der Waals surface area contributed by atoms with E-state index in [0.717, 1.165) is 5.56 Å². The van der Waals surface area contributed by atoms with Crippen LogP contribution in [0.1, 0.15) is 12.5 Å². The molecule has 1 fully saturated rings. The first-order valence-electron chi connectivity index (χ1n) is 8.23. The Labute approximate surface area is 147 Å². The minimum atomic E-state index is -0.404. The topological polar surface area (TPSA) is 85.7 Å². The maximum absolute atomic E-state index is 12.2. The molecule has 1 aromatic carbocycles. The second-order valence-corrected chi connectivity index (χ2v) is 5.54. The molecule has 2 rings (SSSR count). The molecular formula is C18H22N4O3. The zero-order chi connectivity index (χ0) is 18.1. The highest BCUT2D eigenvalue weighted by molar-refractivity contribution is 5.97. The molecule has 0 saturated carbocycles. The molecule has 1 saturated heterocycles. The van der Waals surface area contributed by atoms with Crippen LogP contribution in [0.5, 0.6) is 0 Å². The van der Waals surface area contributed by atoms with Gasteiger partial charge in [0.15, 0.2) is 0 Å². The van der Waals surface area contributed by atoms with Crippen molar-refractivity contribution in [1.82, 2.24) is 15.1 Å². The van der Waals surface area contributed by atoms with Gasteiger partial charge in [0.25, 0.3) is 5.91 Å². The summed E-state index contributed by atoms with van der Waals surface area (Å²) >= 11 is 0. The zero-order valence-electron chi connectivity index (χ0n) is 14.3. The van der Waals surface area contributed by atoms with Crippen molar-refractivity contribution in [2.75, 3.05) is 32.8 Å². The first-order valence-corrected chi connectivity index (χ1v) is 8.23. The molecule has 2 amide bonds. The van der Waals surface area contributed by atoms with Gasteiger partial charge in [-0.25, -0.2) is 4.79 Å². The Hall–Kier alpha value is -3.01. The smallest absolute Gasteiger partial charge is 0.409 e. The second kappa shape index (κ2) is 9.33. The van der Waals surface area contributed by atoms with Crippen molar-refractivity contribution in [1.29, 1.82) is 5.26 Å². The van der Waals surface area contributed by atoms with E-state index >= 15 is 0 Å². The summed E-state index contributed by atoms with van der Waals surface area (Å²) in [6, 6.07) is 11.5. The standard InChI is InChI=1S/C18H22N4O3/c1-2-25-18(24)22-10-8-21(9-11-22)14-16(12-19)17(23)20-13-15-6-4-3-5-7-15/h3-7,14H,2,8-11,13H2,1H3,(H,20,23)/b16-14-. The molecule has 132 valence electrons. The van der Waals surface area contributed by atoms with E-state index in [1.165, 1.54) is 0 Å². The third-order valence-corrected chi connectivity index (χ3v) is 3.81. The average molecular weight is 342 g/mol. The number of nitrogens with zero attached hydrogens (tertiary/aromatic N) is 3. The lowest BCUT2D eigenvalue weighted by molar-refractivity contribution is -0.117. The molecule has 0 aliphatic carbocycles. The quantitative estimate of drug-likeness (QED) is 0.647. The van der Waals surface area contributed by atoms with Crippen LogP contribution in [0.3, 0.4) is 0 Å². The van der Waals surface area contributed by atoms with E-state index in [1.807, 2.05) is 41.3 Å². The van der Waals surface area contributed by atoms with Crippen LogP contribution >= 0.6 is 0 Å². The van der Waals surface area contributed by atoms with Gasteiger partial charge in [0.2, 0.25) is 0 Å². The van der Waals surface area contributed by atoms with Crippen LogP contribution in [0, 0.1) is 11.3 Å². The van der Waals surface area contributed by atoms with Gasteiger partial charge in [0, 0.05) is 38.9 Å². The summed E-state index contributed by atoms with van der Waals surface area (Å²) in [5, 5.41) is 12.0. The van der Waals surface area contributed by atoms with E-state index < -0.39 is 5.91 Å². The number of carbonyl (C=O) groups excluding carboxylic acids is 2. The number of amides is 2. The first-order chi connectivity index (χ1) is 12.1. The van der Waals surface area contributed by atoms with Crippen molar-refractivity contribution >= 4 is 12.0 Å². The highest BCUT2D eigenvalue weighted by Gasteiger charge is 2.21. The molecule has 0 bridgehead atoms. The fraction of sp³-hybridized carbons (Fsp3) is 0.389.